The van der Waals surface area contributed by atoms with Crippen molar-refractivity contribution < 1.29 is 27.5 Å². The summed E-state index contributed by atoms with van der Waals surface area (Å²) in [6.45, 7) is 0.362. The Hall–Kier alpha value is -3.41. The molecule has 0 spiro atoms. The molecule has 0 atom stereocenters. The van der Waals surface area contributed by atoms with E-state index in [1.807, 2.05) is 0 Å². The predicted molar refractivity (Wildman–Crippen MR) is 131 cm³/mol. The van der Waals surface area contributed by atoms with E-state index in [1.54, 1.807) is 0 Å². The van der Waals surface area contributed by atoms with Crippen LogP contribution in [-0.2, 0) is 9.53 Å². The van der Waals surface area contributed by atoms with E-state index in [2.05, 4.69) is 20.6 Å². The molecule has 9 nitrogen and oxygen atoms in total. The second-order valence-electron chi connectivity index (χ2n) is 9.72. The number of ether oxygens (including phenoxy) is 1. The summed E-state index contributed by atoms with van der Waals surface area (Å²) >= 11 is 0. The molecule has 37 heavy (non-hydrogen) atoms. The monoisotopic (exact) mass is 518 g/mol. The molecule has 0 bridgehead atoms. The van der Waals surface area contributed by atoms with Gasteiger partial charge in [0.1, 0.15) is 11.5 Å². The zero-order chi connectivity index (χ0) is 26.2. The maximum Gasteiger partial charge on any atom is 0.342 e. The van der Waals surface area contributed by atoms with Crippen LogP contribution in [-0.4, -0.2) is 66.6 Å². The summed E-state index contributed by atoms with van der Waals surface area (Å²) < 4.78 is 49.7. The van der Waals surface area contributed by atoms with E-state index >= 15 is 0 Å². The third kappa shape index (κ3) is 5.20. The Labute approximate surface area is 212 Å². The fourth-order valence-corrected chi connectivity index (χ4v) is 5.09. The number of hydrogen-bond acceptors (Lipinski definition) is 7. The highest BCUT2D eigenvalue weighted by atomic mass is 19.3. The molecule has 2 N–H and O–H groups in total. The van der Waals surface area contributed by atoms with Crippen LogP contribution in [0.4, 0.5) is 36.3 Å². The third-order valence-corrected chi connectivity index (χ3v) is 7.17. The summed E-state index contributed by atoms with van der Waals surface area (Å²) in [6, 6.07) is 3.81. The van der Waals surface area contributed by atoms with Crippen LogP contribution in [0.5, 0.6) is 0 Å². The first-order chi connectivity index (χ1) is 17.7. The zero-order valence-electron chi connectivity index (χ0n) is 20.5. The van der Waals surface area contributed by atoms with E-state index in [1.165, 1.54) is 30.3 Å². The molecular formula is C25H29F3N6O3. The summed E-state index contributed by atoms with van der Waals surface area (Å²) in [4.78, 5) is 35.9. The summed E-state index contributed by atoms with van der Waals surface area (Å²) in [6.07, 6.45) is 5.93. The fraction of sp³-hybridized carbons (Fsp3) is 0.520. The number of hydrogen-bond donors (Lipinski definition) is 2. The Kier molecular flexibility index (Phi) is 6.93. The topological polar surface area (TPSA) is 99.7 Å². The first-order valence-electron chi connectivity index (χ1n) is 12.5. The van der Waals surface area contributed by atoms with Crippen LogP contribution >= 0.6 is 0 Å². The number of fused-ring (bicyclic) bond motifs is 1. The van der Waals surface area contributed by atoms with Crippen LogP contribution in [0.15, 0.2) is 24.4 Å². The van der Waals surface area contributed by atoms with E-state index in [0.29, 0.717) is 38.9 Å². The molecule has 2 fully saturated rings. The van der Waals surface area contributed by atoms with Gasteiger partial charge in [0, 0.05) is 37.9 Å². The van der Waals surface area contributed by atoms with Crippen LogP contribution in [0, 0.1) is 5.82 Å². The molecule has 1 saturated carbocycles. The standard InChI is InChI=1S/C25H29F3N6O3/c1-33-20-13-29-24(32-21(20)34(17-4-2-3-5-17)14-25(27,28)23(33)36)31-19-7-6-15(12-18(19)26)22(35)30-16-8-10-37-11-9-16/h6-7,12-13,16-17H,2-5,8-11,14H2,1H3,(H,30,35)(H,29,31,32). The van der Waals surface area contributed by atoms with Crippen molar-refractivity contribution in [1.29, 1.82) is 0 Å². The quantitative estimate of drug-likeness (QED) is 0.624. The fourth-order valence-electron chi connectivity index (χ4n) is 5.09. The number of carbonyl (C=O) groups is 2. The average Bonchev–Trinajstić information content (AvgIpc) is 3.41. The minimum absolute atomic E-state index is 0.00822. The van der Waals surface area contributed by atoms with Gasteiger partial charge in [-0.05, 0) is 43.9 Å². The Morgan fingerprint density at radius 1 is 1.16 bits per heavy atom. The van der Waals surface area contributed by atoms with Gasteiger partial charge in [-0.1, -0.05) is 12.8 Å². The number of carbonyl (C=O) groups excluding carboxylic acids is 2. The molecule has 0 unspecified atom stereocenters. The van der Waals surface area contributed by atoms with E-state index < -0.39 is 24.2 Å². The highest BCUT2D eigenvalue weighted by Gasteiger charge is 2.48. The normalized spacial score (nSPS) is 20.5. The summed E-state index contributed by atoms with van der Waals surface area (Å²) in [5, 5.41) is 5.67. The van der Waals surface area contributed by atoms with Gasteiger partial charge in [0.15, 0.2) is 5.82 Å². The molecule has 1 aliphatic carbocycles. The highest BCUT2D eigenvalue weighted by Crippen LogP contribution is 2.39. The molecule has 2 amide bonds. The van der Waals surface area contributed by atoms with Crippen molar-refractivity contribution in [1.82, 2.24) is 15.3 Å². The van der Waals surface area contributed by atoms with Crippen molar-refractivity contribution in [3.05, 3.63) is 35.8 Å². The number of anilines is 4. The molecule has 0 radical (unpaired) electrons. The van der Waals surface area contributed by atoms with Gasteiger partial charge in [-0.15, -0.1) is 0 Å². The average molecular weight is 519 g/mol. The lowest BCUT2D eigenvalue weighted by atomic mass is 10.1. The molecular weight excluding hydrogens is 489 g/mol. The van der Waals surface area contributed by atoms with Gasteiger partial charge in [-0.3, -0.25) is 9.59 Å². The van der Waals surface area contributed by atoms with Crippen LogP contribution in [0.1, 0.15) is 48.9 Å². The second-order valence-corrected chi connectivity index (χ2v) is 9.72. The lowest BCUT2D eigenvalue weighted by molar-refractivity contribution is -0.140. The maximum atomic E-state index is 14.9. The van der Waals surface area contributed by atoms with Gasteiger partial charge in [-0.25, -0.2) is 9.37 Å². The lowest BCUT2D eigenvalue weighted by Crippen LogP contribution is -2.48. The Morgan fingerprint density at radius 3 is 2.59 bits per heavy atom. The van der Waals surface area contributed by atoms with Crippen molar-refractivity contribution in [2.45, 2.75) is 56.5 Å². The molecule has 2 aromatic rings. The van der Waals surface area contributed by atoms with Gasteiger partial charge >= 0.3 is 5.92 Å². The maximum absolute atomic E-state index is 14.9. The number of rotatable bonds is 5. The van der Waals surface area contributed by atoms with Crippen LogP contribution in [0.25, 0.3) is 0 Å². The van der Waals surface area contributed by atoms with E-state index in [4.69, 9.17) is 4.74 Å². The van der Waals surface area contributed by atoms with Crippen molar-refractivity contribution in [2.24, 2.45) is 0 Å². The number of benzene rings is 1. The van der Waals surface area contributed by atoms with Crippen molar-refractivity contribution in [3.63, 3.8) is 0 Å². The Bertz CT molecular complexity index is 1180. The van der Waals surface area contributed by atoms with E-state index in [0.717, 1.165) is 23.8 Å². The largest absolute Gasteiger partial charge is 0.381 e. The SMILES string of the molecule is CN1C(=O)C(F)(F)CN(C2CCCC2)c2nc(Nc3ccc(C(=O)NC4CCOCC4)cc3F)ncc21. The number of alkyl halides is 2. The van der Waals surface area contributed by atoms with Gasteiger partial charge < -0.3 is 25.2 Å². The minimum Gasteiger partial charge on any atom is -0.381 e. The molecule has 2 aliphatic heterocycles. The van der Waals surface area contributed by atoms with Gasteiger partial charge in [0.25, 0.3) is 11.8 Å². The molecule has 3 aliphatic rings. The number of halogens is 3. The van der Waals surface area contributed by atoms with Crippen LogP contribution in [0.2, 0.25) is 0 Å². The first kappa shape index (κ1) is 25.2. The Morgan fingerprint density at radius 2 is 1.89 bits per heavy atom. The molecule has 5 rings (SSSR count). The number of nitrogens with one attached hydrogen (secondary N) is 2. The van der Waals surface area contributed by atoms with Gasteiger partial charge in [0.2, 0.25) is 5.95 Å². The molecule has 3 heterocycles. The molecule has 198 valence electrons. The summed E-state index contributed by atoms with van der Waals surface area (Å²) in [5.41, 5.74) is 0.366. The zero-order valence-corrected chi connectivity index (χ0v) is 20.5. The third-order valence-electron chi connectivity index (χ3n) is 7.17. The Balaban J connectivity index is 1.38. The minimum atomic E-state index is -3.58. The molecule has 1 aromatic carbocycles. The smallest absolute Gasteiger partial charge is 0.342 e. The number of nitrogens with zero attached hydrogens (tertiary/aromatic N) is 4. The van der Waals surface area contributed by atoms with Crippen LogP contribution < -0.4 is 20.4 Å². The highest BCUT2D eigenvalue weighted by molar-refractivity contribution is 6.02. The van der Waals surface area contributed by atoms with Gasteiger partial charge in [-0.2, -0.15) is 13.8 Å². The summed E-state index contributed by atoms with van der Waals surface area (Å²) in [5.74, 6) is -5.78. The number of amides is 2. The van der Waals surface area contributed by atoms with Crippen LogP contribution in [0.3, 0.4) is 0 Å². The van der Waals surface area contributed by atoms with E-state index in [9.17, 15) is 22.8 Å². The first-order valence-corrected chi connectivity index (χ1v) is 12.5. The summed E-state index contributed by atoms with van der Waals surface area (Å²) in [7, 11) is 1.27. The van der Waals surface area contributed by atoms with E-state index in [-0.39, 0.29) is 46.7 Å². The van der Waals surface area contributed by atoms with Gasteiger partial charge in [0.05, 0.1) is 18.4 Å². The van der Waals surface area contributed by atoms with Crippen molar-refractivity contribution in [2.75, 3.05) is 41.9 Å². The molecule has 12 heteroatoms. The molecule has 1 saturated heterocycles. The second kappa shape index (κ2) is 10.2. The van der Waals surface area contributed by atoms with Crippen molar-refractivity contribution in [3.8, 4) is 0 Å². The number of aromatic nitrogens is 2. The predicted octanol–water partition coefficient (Wildman–Crippen LogP) is 3.63. The molecule has 1 aromatic heterocycles. The lowest BCUT2D eigenvalue weighted by Gasteiger charge is -2.31. The van der Waals surface area contributed by atoms with Crippen molar-refractivity contribution >= 4 is 35.0 Å².